The molecule has 0 aliphatic heterocycles. The molecule has 0 atom stereocenters. The van der Waals surface area contributed by atoms with Crippen LogP contribution in [-0.2, 0) is 12.7 Å². The van der Waals surface area contributed by atoms with Crippen molar-refractivity contribution in [1.29, 1.82) is 0 Å². The highest BCUT2D eigenvalue weighted by atomic mass is 19.4. The van der Waals surface area contributed by atoms with E-state index in [1.807, 2.05) is 38.1 Å². The zero-order chi connectivity index (χ0) is 16.2. The Balaban J connectivity index is 2.04. The van der Waals surface area contributed by atoms with Gasteiger partial charge in [0.05, 0.1) is 11.7 Å². The molecule has 0 saturated carbocycles. The lowest BCUT2D eigenvalue weighted by Crippen LogP contribution is -2.07. The molecular weight excluding hydrogens is 291 g/mol. The lowest BCUT2D eigenvalue weighted by Gasteiger charge is -2.13. The summed E-state index contributed by atoms with van der Waals surface area (Å²) < 4.78 is 43.6. The highest BCUT2D eigenvalue weighted by Crippen LogP contribution is 2.30. The van der Waals surface area contributed by atoms with Crippen molar-refractivity contribution in [2.24, 2.45) is 0 Å². The van der Waals surface area contributed by atoms with E-state index in [1.165, 1.54) is 6.07 Å². The van der Waals surface area contributed by atoms with Crippen molar-refractivity contribution in [3.8, 4) is 5.75 Å². The Kier molecular flexibility index (Phi) is 4.96. The fraction of sp³-hybridized carbons (Fsp3) is 0.294. The van der Waals surface area contributed by atoms with Crippen LogP contribution in [0.5, 0.6) is 5.75 Å². The molecule has 0 heterocycles. The van der Waals surface area contributed by atoms with Crippen LogP contribution in [0.2, 0.25) is 0 Å². The molecule has 0 spiro atoms. The SMILES string of the molecule is CC(C)Oc1cccc(CNc2cccc(C(F)(F)F)c2)c1. The third kappa shape index (κ3) is 4.69. The molecule has 2 aromatic carbocycles. The average Bonchev–Trinajstić information content (AvgIpc) is 2.44. The lowest BCUT2D eigenvalue weighted by molar-refractivity contribution is -0.137. The first kappa shape index (κ1) is 16.2. The third-order valence-corrected chi connectivity index (χ3v) is 2.96. The molecule has 0 fully saturated rings. The van der Waals surface area contributed by atoms with Crippen molar-refractivity contribution in [3.63, 3.8) is 0 Å². The minimum absolute atomic E-state index is 0.0756. The zero-order valence-electron chi connectivity index (χ0n) is 12.4. The maximum atomic E-state index is 12.7. The van der Waals surface area contributed by atoms with Crippen LogP contribution in [0.4, 0.5) is 18.9 Å². The Morgan fingerprint density at radius 3 is 2.45 bits per heavy atom. The van der Waals surface area contributed by atoms with Gasteiger partial charge >= 0.3 is 6.18 Å². The number of ether oxygens (including phenoxy) is 1. The monoisotopic (exact) mass is 309 g/mol. The van der Waals surface area contributed by atoms with E-state index in [-0.39, 0.29) is 6.10 Å². The summed E-state index contributed by atoms with van der Waals surface area (Å²) in [5.74, 6) is 0.748. The van der Waals surface area contributed by atoms with Gasteiger partial charge in [-0.2, -0.15) is 13.2 Å². The molecular formula is C17H18F3NO. The Bertz CT molecular complexity index is 623. The number of anilines is 1. The summed E-state index contributed by atoms with van der Waals surface area (Å²) in [6, 6.07) is 12.7. The van der Waals surface area contributed by atoms with E-state index in [0.29, 0.717) is 12.2 Å². The van der Waals surface area contributed by atoms with Crippen LogP contribution < -0.4 is 10.1 Å². The maximum absolute atomic E-state index is 12.7. The second kappa shape index (κ2) is 6.73. The van der Waals surface area contributed by atoms with Gasteiger partial charge in [0.2, 0.25) is 0 Å². The molecule has 2 nitrogen and oxygen atoms in total. The third-order valence-electron chi connectivity index (χ3n) is 2.96. The van der Waals surface area contributed by atoms with E-state index >= 15 is 0 Å². The van der Waals surface area contributed by atoms with E-state index < -0.39 is 11.7 Å². The summed E-state index contributed by atoms with van der Waals surface area (Å²) >= 11 is 0. The number of hydrogen-bond donors (Lipinski definition) is 1. The van der Waals surface area contributed by atoms with Crippen LogP contribution in [-0.4, -0.2) is 6.10 Å². The fourth-order valence-corrected chi connectivity index (χ4v) is 2.01. The Hall–Kier alpha value is -2.17. The highest BCUT2D eigenvalue weighted by molar-refractivity contribution is 5.47. The lowest BCUT2D eigenvalue weighted by atomic mass is 10.1. The number of halogens is 3. The molecule has 2 rings (SSSR count). The summed E-state index contributed by atoms with van der Waals surface area (Å²) in [4.78, 5) is 0. The number of nitrogens with one attached hydrogen (secondary N) is 1. The summed E-state index contributed by atoms with van der Waals surface area (Å²) in [6.45, 7) is 4.30. The van der Waals surface area contributed by atoms with Crippen LogP contribution in [0.1, 0.15) is 25.0 Å². The van der Waals surface area contributed by atoms with Crippen molar-refractivity contribution < 1.29 is 17.9 Å². The van der Waals surface area contributed by atoms with E-state index in [0.717, 1.165) is 23.4 Å². The second-order valence-corrected chi connectivity index (χ2v) is 5.25. The molecule has 118 valence electrons. The van der Waals surface area contributed by atoms with Gasteiger partial charge in [0, 0.05) is 12.2 Å². The summed E-state index contributed by atoms with van der Waals surface area (Å²) in [5, 5.41) is 3.00. The minimum atomic E-state index is -4.33. The van der Waals surface area contributed by atoms with Crippen molar-refractivity contribution in [2.45, 2.75) is 32.7 Å². The van der Waals surface area contributed by atoms with Crippen molar-refractivity contribution in [2.75, 3.05) is 5.32 Å². The van der Waals surface area contributed by atoms with Gasteiger partial charge in [0.1, 0.15) is 5.75 Å². The number of hydrogen-bond acceptors (Lipinski definition) is 2. The summed E-state index contributed by atoms with van der Waals surface area (Å²) in [7, 11) is 0. The molecule has 0 saturated heterocycles. The van der Waals surface area contributed by atoms with Crippen LogP contribution in [0.25, 0.3) is 0 Å². The van der Waals surface area contributed by atoms with Crippen LogP contribution in [0, 0.1) is 0 Å². The number of rotatable bonds is 5. The molecule has 0 unspecified atom stereocenters. The Labute approximate surface area is 127 Å². The highest BCUT2D eigenvalue weighted by Gasteiger charge is 2.30. The standard InChI is InChI=1S/C17H18F3NO/c1-12(2)22-16-8-3-5-13(9-16)11-21-15-7-4-6-14(10-15)17(18,19)20/h3-10,12,21H,11H2,1-2H3. The number of benzene rings is 2. The van der Waals surface area contributed by atoms with Crippen LogP contribution >= 0.6 is 0 Å². The molecule has 0 amide bonds. The second-order valence-electron chi connectivity index (χ2n) is 5.25. The predicted molar refractivity (Wildman–Crippen MR) is 81.0 cm³/mol. The normalized spacial score (nSPS) is 11.5. The van der Waals surface area contributed by atoms with Gasteiger partial charge in [0.25, 0.3) is 0 Å². The van der Waals surface area contributed by atoms with Gasteiger partial charge in [-0.25, -0.2) is 0 Å². The zero-order valence-corrected chi connectivity index (χ0v) is 12.4. The van der Waals surface area contributed by atoms with Gasteiger partial charge in [-0.05, 0) is 49.7 Å². The molecule has 2 aromatic rings. The molecule has 0 aliphatic rings. The van der Waals surface area contributed by atoms with Crippen LogP contribution in [0.3, 0.4) is 0 Å². The van der Waals surface area contributed by atoms with E-state index in [1.54, 1.807) is 6.07 Å². The van der Waals surface area contributed by atoms with Crippen molar-refractivity contribution in [3.05, 3.63) is 59.7 Å². The largest absolute Gasteiger partial charge is 0.491 e. The molecule has 0 aromatic heterocycles. The smallest absolute Gasteiger partial charge is 0.416 e. The summed E-state index contributed by atoms with van der Waals surface area (Å²) in [6.07, 6.45) is -4.26. The van der Waals surface area contributed by atoms with E-state index in [9.17, 15) is 13.2 Å². The molecule has 5 heteroatoms. The maximum Gasteiger partial charge on any atom is 0.416 e. The Morgan fingerprint density at radius 1 is 1.05 bits per heavy atom. The van der Waals surface area contributed by atoms with Gasteiger partial charge in [0.15, 0.2) is 0 Å². The quantitative estimate of drug-likeness (QED) is 0.829. The Morgan fingerprint density at radius 2 is 1.77 bits per heavy atom. The molecule has 0 radical (unpaired) electrons. The van der Waals surface area contributed by atoms with Gasteiger partial charge in [-0.1, -0.05) is 18.2 Å². The van der Waals surface area contributed by atoms with Gasteiger partial charge in [-0.15, -0.1) is 0 Å². The van der Waals surface area contributed by atoms with E-state index in [4.69, 9.17) is 4.74 Å². The molecule has 0 bridgehead atoms. The molecule has 22 heavy (non-hydrogen) atoms. The van der Waals surface area contributed by atoms with Gasteiger partial charge < -0.3 is 10.1 Å². The fourth-order valence-electron chi connectivity index (χ4n) is 2.01. The minimum Gasteiger partial charge on any atom is -0.491 e. The molecule has 0 aliphatic carbocycles. The number of alkyl halides is 3. The first-order chi connectivity index (χ1) is 10.3. The van der Waals surface area contributed by atoms with Crippen LogP contribution in [0.15, 0.2) is 48.5 Å². The average molecular weight is 309 g/mol. The van der Waals surface area contributed by atoms with Crippen molar-refractivity contribution >= 4 is 5.69 Å². The molecule has 1 N–H and O–H groups in total. The van der Waals surface area contributed by atoms with Crippen molar-refractivity contribution in [1.82, 2.24) is 0 Å². The van der Waals surface area contributed by atoms with Gasteiger partial charge in [-0.3, -0.25) is 0 Å². The predicted octanol–water partition coefficient (Wildman–Crippen LogP) is 5.10. The first-order valence-electron chi connectivity index (χ1n) is 7.01. The summed E-state index contributed by atoms with van der Waals surface area (Å²) in [5.41, 5.74) is 0.718. The van der Waals surface area contributed by atoms with E-state index in [2.05, 4.69) is 5.32 Å². The topological polar surface area (TPSA) is 21.3 Å². The first-order valence-corrected chi connectivity index (χ1v) is 7.01.